The van der Waals surface area contributed by atoms with Crippen molar-refractivity contribution in [3.63, 3.8) is 0 Å². The molecule has 0 nitrogen and oxygen atoms in total. The van der Waals surface area contributed by atoms with E-state index in [0.29, 0.717) is 0 Å². The third-order valence-electron chi connectivity index (χ3n) is 4.26. The van der Waals surface area contributed by atoms with Crippen LogP contribution in [-0.4, -0.2) is 33.5 Å². The summed E-state index contributed by atoms with van der Waals surface area (Å²) in [5, 5.41) is 1.98. The van der Waals surface area contributed by atoms with Crippen LogP contribution in [0.15, 0.2) is 12.2 Å². The Kier molecular flexibility index (Phi) is 3.88. The Morgan fingerprint density at radius 1 is 0.625 bits per heavy atom. The zero-order valence-corrected chi connectivity index (χ0v) is 11.8. The molecule has 1 aliphatic carbocycles. The van der Waals surface area contributed by atoms with Crippen LogP contribution in [0.3, 0.4) is 0 Å². The molecule has 0 aromatic heterocycles. The van der Waals surface area contributed by atoms with E-state index in [1.165, 1.54) is 38.5 Å². The molecule has 0 radical (unpaired) electrons. The van der Waals surface area contributed by atoms with Crippen molar-refractivity contribution < 1.29 is 0 Å². The summed E-state index contributed by atoms with van der Waals surface area (Å²) >= 11 is 0. The van der Waals surface area contributed by atoms with Crippen molar-refractivity contribution in [2.24, 2.45) is 0 Å². The van der Waals surface area contributed by atoms with Crippen LogP contribution < -0.4 is 0 Å². The number of hydrogen-bond donors (Lipinski definition) is 0. The van der Waals surface area contributed by atoms with Crippen LogP contribution in [0.25, 0.3) is 0 Å². The molecular weight excluding hydrogens is 232 g/mol. The Hall–Kier alpha value is 0.440. The average Bonchev–Trinajstić information content (AvgIpc) is 3.03. The summed E-state index contributed by atoms with van der Waals surface area (Å²) in [6.07, 6.45) is 14.4. The lowest BCUT2D eigenvalue weighted by Crippen LogP contribution is -2.30. The largest absolute Gasteiger partial charge is 0.136 e. The van der Waals surface area contributed by atoms with Crippen molar-refractivity contribution in [2.75, 3.05) is 23.0 Å². The van der Waals surface area contributed by atoms with Crippen molar-refractivity contribution in [1.82, 2.24) is 0 Å². The van der Waals surface area contributed by atoms with Crippen molar-refractivity contribution in [2.45, 2.75) is 49.0 Å². The summed E-state index contributed by atoms with van der Waals surface area (Å²) < 4.78 is 0. The molecule has 2 unspecified atom stereocenters. The van der Waals surface area contributed by atoms with Crippen molar-refractivity contribution in [1.29, 1.82) is 0 Å². The molecule has 0 bridgehead atoms. The highest BCUT2D eigenvalue weighted by atomic mass is 32.2. The van der Waals surface area contributed by atoms with Gasteiger partial charge in [-0.25, -0.2) is 0 Å². The highest BCUT2D eigenvalue weighted by Crippen LogP contribution is 2.31. The van der Waals surface area contributed by atoms with E-state index in [-0.39, 0.29) is 0 Å². The Bertz CT molecular complexity index is 223. The molecule has 2 heterocycles. The normalized spacial score (nSPS) is 37.2. The van der Waals surface area contributed by atoms with Gasteiger partial charge in [0.1, 0.15) is 33.5 Å². The Labute approximate surface area is 106 Å². The molecule has 0 spiro atoms. The summed E-state index contributed by atoms with van der Waals surface area (Å²) in [7, 11) is 1.57. The van der Waals surface area contributed by atoms with E-state index in [0.717, 1.165) is 32.3 Å². The van der Waals surface area contributed by atoms with Crippen LogP contribution >= 0.6 is 0 Å². The zero-order chi connectivity index (χ0) is 10.8. The second-order valence-corrected chi connectivity index (χ2v) is 10.3. The van der Waals surface area contributed by atoms with E-state index in [1.807, 2.05) is 0 Å². The molecule has 3 rings (SSSR count). The van der Waals surface area contributed by atoms with Gasteiger partial charge in [0.05, 0.1) is 0 Å². The first-order chi connectivity index (χ1) is 7.93. The van der Waals surface area contributed by atoms with Crippen molar-refractivity contribution in [3.8, 4) is 0 Å². The van der Waals surface area contributed by atoms with Gasteiger partial charge in [-0.3, -0.25) is 0 Å². The SMILES string of the molecule is C1=CC([S+]2CCCC2)CCC1[S+]1CCCC1. The van der Waals surface area contributed by atoms with Gasteiger partial charge in [-0.05, 0) is 59.6 Å². The first-order valence-electron chi connectivity index (χ1n) is 6.94. The number of rotatable bonds is 2. The van der Waals surface area contributed by atoms with E-state index in [2.05, 4.69) is 12.2 Å². The maximum Gasteiger partial charge on any atom is 0.136 e. The average molecular weight is 256 g/mol. The molecule has 16 heavy (non-hydrogen) atoms. The lowest BCUT2D eigenvalue weighted by Gasteiger charge is -2.20. The van der Waals surface area contributed by atoms with Crippen molar-refractivity contribution >= 4 is 21.8 Å². The summed E-state index contributed by atoms with van der Waals surface area (Å²) in [5.41, 5.74) is 0. The summed E-state index contributed by atoms with van der Waals surface area (Å²) in [5.74, 6) is 6.19. The van der Waals surface area contributed by atoms with Crippen LogP contribution in [0, 0.1) is 0 Å². The van der Waals surface area contributed by atoms with Gasteiger partial charge in [-0.2, -0.15) is 0 Å². The fourth-order valence-corrected chi connectivity index (χ4v) is 8.77. The molecule has 2 atom stereocenters. The third kappa shape index (κ3) is 2.48. The minimum Gasteiger partial charge on any atom is -0.0316 e. The Morgan fingerprint density at radius 3 is 1.31 bits per heavy atom. The Balaban J connectivity index is 1.56. The van der Waals surface area contributed by atoms with Gasteiger partial charge < -0.3 is 0 Å². The van der Waals surface area contributed by atoms with Gasteiger partial charge in [0, 0.05) is 12.8 Å². The minimum atomic E-state index is 0.786. The molecular formula is C14H24S2+2. The number of hydrogen-bond acceptors (Lipinski definition) is 0. The van der Waals surface area contributed by atoms with Gasteiger partial charge >= 0.3 is 0 Å². The van der Waals surface area contributed by atoms with Crippen LogP contribution in [0.5, 0.6) is 0 Å². The minimum absolute atomic E-state index is 0.786. The van der Waals surface area contributed by atoms with Crippen LogP contribution in [-0.2, 0) is 21.8 Å². The molecule has 0 saturated carbocycles. The van der Waals surface area contributed by atoms with Crippen molar-refractivity contribution in [3.05, 3.63) is 12.2 Å². The lowest BCUT2D eigenvalue weighted by molar-refractivity contribution is 0.745. The van der Waals surface area contributed by atoms with Gasteiger partial charge in [0.25, 0.3) is 0 Å². The molecule has 90 valence electrons. The first kappa shape index (κ1) is 11.5. The molecule has 2 fully saturated rings. The highest BCUT2D eigenvalue weighted by Gasteiger charge is 2.39. The van der Waals surface area contributed by atoms with E-state index < -0.39 is 0 Å². The summed E-state index contributed by atoms with van der Waals surface area (Å²) in [6.45, 7) is 0. The molecule has 3 aliphatic rings. The van der Waals surface area contributed by atoms with Gasteiger partial charge in [-0.1, -0.05) is 0 Å². The monoisotopic (exact) mass is 256 g/mol. The maximum absolute atomic E-state index is 2.63. The topological polar surface area (TPSA) is 0 Å². The quantitative estimate of drug-likeness (QED) is 0.526. The molecule has 2 heteroatoms. The van der Waals surface area contributed by atoms with Gasteiger partial charge in [0.15, 0.2) is 0 Å². The van der Waals surface area contributed by atoms with E-state index in [4.69, 9.17) is 0 Å². The highest BCUT2D eigenvalue weighted by molar-refractivity contribution is 7.98. The van der Waals surface area contributed by atoms with Gasteiger partial charge in [-0.15, -0.1) is 0 Å². The first-order valence-corrected chi connectivity index (χ1v) is 10.2. The Morgan fingerprint density at radius 2 is 1.00 bits per heavy atom. The molecule has 2 aliphatic heterocycles. The second-order valence-electron chi connectivity index (χ2n) is 5.34. The summed E-state index contributed by atoms with van der Waals surface area (Å²) in [4.78, 5) is 0. The van der Waals surface area contributed by atoms with Crippen LogP contribution in [0.1, 0.15) is 38.5 Å². The smallest absolute Gasteiger partial charge is 0.0316 e. The fourth-order valence-electron chi connectivity index (χ4n) is 3.28. The molecule has 0 aromatic carbocycles. The summed E-state index contributed by atoms with van der Waals surface area (Å²) in [6, 6.07) is 0. The zero-order valence-electron chi connectivity index (χ0n) is 10.2. The molecule has 0 amide bonds. The standard InChI is InChI=1S/C14H24S2/c1-2-10-15(9-1)13-5-7-14(8-6-13)16-11-3-4-12-16/h5,7,13-14H,1-4,6,8-12H2/q+2. The third-order valence-corrected chi connectivity index (χ3v) is 10.0. The maximum atomic E-state index is 2.63. The van der Waals surface area contributed by atoms with Crippen LogP contribution in [0.4, 0.5) is 0 Å². The molecule has 0 aromatic rings. The van der Waals surface area contributed by atoms with E-state index >= 15 is 0 Å². The lowest BCUT2D eigenvalue weighted by atomic mass is 10.1. The molecule has 0 N–H and O–H groups in total. The predicted molar refractivity (Wildman–Crippen MR) is 78.6 cm³/mol. The van der Waals surface area contributed by atoms with E-state index in [1.54, 1.807) is 23.0 Å². The van der Waals surface area contributed by atoms with Gasteiger partial charge in [0.2, 0.25) is 0 Å². The molecule has 2 saturated heterocycles. The van der Waals surface area contributed by atoms with E-state index in [9.17, 15) is 0 Å². The second kappa shape index (κ2) is 5.39. The predicted octanol–water partition coefficient (Wildman–Crippen LogP) is 2.90. The fraction of sp³-hybridized carbons (Fsp3) is 0.857. The van der Waals surface area contributed by atoms with Crippen LogP contribution in [0.2, 0.25) is 0 Å².